The van der Waals surface area contributed by atoms with E-state index in [9.17, 15) is 13.2 Å². The van der Waals surface area contributed by atoms with Gasteiger partial charge in [0.1, 0.15) is 10.7 Å². The quantitative estimate of drug-likeness (QED) is 0.742. The third-order valence-electron chi connectivity index (χ3n) is 5.49. The molecule has 2 aromatic rings. The minimum atomic E-state index is -3.44. The van der Waals surface area contributed by atoms with E-state index in [2.05, 4.69) is 4.98 Å². The number of hydrogen-bond acceptors (Lipinski definition) is 5. The topological polar surface area (TPSA) is 73.8 Å². The van der Waals surface area contributed by atoms with Gasteiger partial charge in [0.15, 0.2) is 0 Å². The summed E-state index contributed by atoms with van der Waals surface area (Å²) in [5.41, 5.74) is 1.42. The summed E-state index contributed by atoms with van der Waals surface area (Å²) in [7, 11) is -3.44. The van der Waals surface area contributed by atoms with Gasteiger partial charge >= 0.3 is 0 Å². The Morgan fingerprint density at radius 2 is 1.48 bits per heavy atom. The number of amides is 1. The first-order valence-electron chi connectivity index (χ1n) is 10.1. The van der Waals surface area contributed by atoms with E-state index in [0.29, 0.717) is 45.0 Å². The van der Waals surface area contributed by atoms with Gasteiger partial charge in [-0.1, -0.05) is 43.2 Å². The van der Waals surface area contributed by atoms with Crippen molar-refractivity contribution in [2.75, 3.05) is 39.3 Å². The SMILES string of the molecule is O=C(c1csc(-c2ccccc2)n1)N1CCN(S(=O)(=O)N2CCCCCC2)CC1. The molecule has 3 heterocycles. The molecule has 0 radical (unpaired) electrons. The van der Waals surface area contributed by atoms with Crippen molar-refractivity contribution in [2.24, 2.45) is 0 Å². The number of piperazine rings is 1. The molecule has 29 heavy (non-hydrogen) atoms. The first kappa shape index (κ1) is 20.5. The van der Waals surface area contributed by atoms with E-state index >= 15 is 0 Å². The van der Waals surface area contributed by atoms with Crippen LogP contribution in [0.2, 0.25) is 0 Å². The molecule has 2 fully saturated rings. The van der Waals surface area contributed by atoms with Gasteiger partial charge in [-0.25, -0.2) is 4.98 Å². The van der Waals surface area contributed by atoms with Crippen LogP contribution < -0.4 is 0 Å². The third-order valence-corrected chi connectivity index (χ3v) is 8.41. The molecular weight excluding hydrogens is 408 g/mol. The third kappa shape index (κ3) is 4.53. The van der Waals surface area contributed by atoms with Crippen LogP contribution in [-0.2, 0) is 10.2 Å². The summed E-state index contributed by atoms with van der Waals surface area (Å²) in [6, 6.07) is 9.78. The molecule has 7 nitrogen and oxygen atoms in total. The Morgan fingerprint density at radius 1 is 0.862 bits per heavy atom. The molecule has 0 N–H and O–H groups in total. The monoisotopic (exact) mass is 434 g/mol. The molecule has 4 rings (SSSR count). The van der Waals surface area contributed by atoms with Crippen LogP contribution in [0.25, 0.3) is 10.6 Å². The number of aromatic nitrogens is 1. The number of carbonyl (C=O) groups excluding carboxylic acids is 1. The lowest BCUT2D eigenvalue weighted by molar-refractivity contribution is 0.0689. The van der Waals surface area contributed by atoms with Crippen LogP contribution >= 0.6 is 11.3 Å². The van der Waals surface area contributed by atoms with Crippen molar-refractivity contribution in [3.63, 3.8) is 0 Å². The summed E-state index contributed by atoms with van der Waals surface area (Å²) in [4.78, 5) is 19.0. The van der Waals surface area contributed by atoms with Crippen molar-refractivity contribution in [2.45, 2.75) is 25.7 Å². The highest BCUT2D eigenvalue weighted by Gasteiger charge is 2.34. The van der Waals surface area contributed by atoms with Crippen molar-refractivity contribution in [1.29, 1.82) is 0 Å². The van der Waals surface area contributed by atoms with Gasteiger partial charge in [-0.05, 0) is 12.8 Å². The summed E-state index contributed by atoms with van der Waals surface area (Å²) in [5.74, 6) is -0.129. The highest BCUT2D eigenvalue weighted by Crippen LogP contribution is 2.24. The molecule has 9 heteroatoms. The molecule has 1 amide bonds. The van der Waals surface area contributed by atoms with Crippen LogP contribution in [0, 0.1) is 0 Å². The largest absolute Gasteiger partial charge is 0.335 e. The second kappa shape index (κ2) is 8.91. The van der Waals surface area contributed by atoms with E-state index in [-0.39, 0.29) is 5.91 Å². The second-order valence-corrected chi connectivity index (χ2v) is 10.2. The number of thiazole rings is 1. The average Bonchev–Trinajstić information content (AvgIpc) is 3.08. The molecule has 0 atom stereocenters. The maximum Gasteiger partial charge on any atom is 0.282 e. The van der Waals surface area contributed by atoms with Gasteiger partial charge in [0.25, 0.3) is 16.1 Å². The Labute approximate surface area is 176 Å². The lowest BCUT2D eigenvalue weighted by Gasteiger charge is -2.36. The number of hydrogen-bond donors (Lipinski definition) is 0. The van der Waals surface area contributed by atoms with E-state index in [1.54, 1.807) is 14.6 Å². The summed E-state index contributed by atoms with van der Waals surface area (Å²) in [5, 5.41) is 2.60. The Morgan fingerprint density at radius 3 is 2.14 bits per heavy atom. The lowest BCUT2D eigenvalue weighted by Crippen LogP contribution is -2.54. The second-order valence-electron chi connectivity index (χ2n) is 7.42. The van der Waals surface area contributed by atoms with Gasteiger partial charge in [0, 0.05) is 50.2 Å². The molecule has 0 aliphatic carbocycles. The fraction of sp³-hybridized carbons (Fsp3) is 0.500. The maximum absolute atomic E-state index is 12.9. The van der Waals surface area contributed by atoms with E-state index in [1.807, 2.05) is 30.3 Å². The predicted molar refractivity (Wildman–Crippen MR) is 114 cm³/mol. The first-order chi connectivity index (χ1) is 14.1. The van der Waals surface area contributed by atoms with Crippen LogP contribution in [0.15, 0.2) is 35.7 Å². The van der Waals surface area contributed by atoms with Gasteiger partial charge < -0.3 is 4.90 Å². The zero-order valence-corrected chi connectivity index (χ0v) is 18.0. The van der Waals surface area contributed by atoms with Crippen LogP contribution in [-0.4, -0.2) is 72.1 Å². The highest BCUT2D eigenvalue weighted by atomic mass is 32.2. The summed E-state index contributed by atoms with van der Waals surface area (Å²) in [6.45, 7) is 2.65. The van der Waals surface area contributed by atoms with Gasteiger partial charge in [-0.3, -0.25) is 4.79 Å². The Balaban J connectivity index is 1.38. The van der Waals surface area contributed by atoms with Crippen LogP contribution in [0.4, 0.5) is 0 Å². The normalized spacial score (nSPS) is 19.8. The van der Waals surface area contributed by atoms with Crippen molar-refractivity contribution in [3.05, 3.63) is 41.4 Å². The predicted octanol–water partition coefficient (Wildman–Crippen LogP) is 2.69. The number of rotatable bonds is 4. The van der Waals surface area contributed by atoms with Gasteiger partial charge in [-0.2, -0.15) is 17.0 Å². The molecule has 0 saturated carbocycles. The standard InChI is InChI=1S/C20H26N4O3S2/c25-20(18-16-28-19(21-18)17-8-4-3-5-9-17)22-12-14-24(15-13-22)29(26,27)23-10-6-1-2-7-11-23/h3-5,8-9,16H,1-2,6-7,10-15H2. The summed E-state index contributed by atoms with van der Waals surface area (Å²) >= 11 is 1.45. The number of carbonyl (C=O) groups is 1. The molecule has 2 saturated heterocycles. The molecule has 0 spiro atoms. The number of nitrogens with zero attached hydrogens (tertiary/aromatic N) is 4. The van der Waals surface area contributed by atoms with Crippen molar-refractivity contribution in [1.82, 2.24) is 18.5 Å². The van der Waals surface area contributed by atoms with Crippen molar-refractivity contribution in [3.8, 4) is 10.6 Å². The average molecular weight is 435 g/mol. The minimum Gasteiger partial charge on any atom is -0.335 e. The number of benzene rings is 1. The van der Waals surface area contributed by atoms with Gasteiger partial charge in [-0.15, -0.1) is 11.3 Å². The molecule has 156 valence electrons. The van der Waals surface area contributed by atoms with Crippen LogP contribution in [0.1, 0.15) is 36.2 Å². The fourth-order valence-corrected chi connectivity index (χ4v) is 6.28. The van der Waals surface area contributed by atoms with E-state index in [4.69, 9.17) is 0 Å². The molecule has 0 bridgehead atoms. The highest BCUT2D eigenvalue weighted by molar-refractivity contribution is 7.86. The fourth-order valence-electron chi connectivity index (χ4n) is 3.80. The summed E-state index contributed by atoms with van der Waals surface area (Å²) in [6.07, 6.45) is 4.02. The zero-order valence-electron chi connectivity index (χ0n) is 16.4. The van der Waals surface area contributed by atoms with E-state index < -0.39 is 10.2 Å². The molecule has 2 aliphatic heterocycles. The van der Waals surface area contributed by atoms with Gasteiger partial charge in [0.2, 0.25) is 0 Å². The molecule has 2 aliphatic rings. The van der Waals surface area contributed by atoms with Crippen LogP contribution in [0.5, 0.6) is 0 Å². The Bertz CT molecular complexity index is 930. The summed E-state index contributed by atoms with van der Waals surface area (Å²) < 4.78 is 29.0. The van der Waals surface area contributed by atoms with Crippen LogP contribution in [0.3, 0.4) is 0 Å². The molecule has 0 unspecified atom stereocenters. The molecule has 1 aromatic carbocycles. The molecular formula is C20H26N4O3S2. The Kier molecular flexibility index (Phi) is 6.29. The van der Waals surface area contributed by atoms with Crippen molar-refractivity contribution < 1.29 is 13.2 Å². The maximum atomic E-state index is 12.9. The van der Waals surface area contributed by atoms with Crippen molar-refractivity contribution >= 4 is 27.5 Å². The Hall–Kier alpha value is -1.81. The minimum absolute atomic E-state index is 0.129. The lowest BCUT2D eigenvalue weighted by atomic mass is 10.2. The van der Waals surface area contributed by atoms with Gasteiger partial charge in [0.05, 0.1) is 0 Å². The van der Waals surface area contributed by atoms with E-state index in [0.717, 1.165) is 36.3 Å². The smallest absolute Gasteiger partial charge is 0.282 e. The zero-order chi connectivity index (χ0) is 20.3. The first-order valence-corrected chi connectivity index (χ1v) is 12.4. The molecule has 1 aromatic heterocycles. The van der Waals surface area contributed by atoms with E-state index in [1.165, 1.54) is 15.6 Å².